The second-order valence-electron chi connectivity index (χ2n) is 8.07. The van der Waals surface area contributed by atoms with Crippen LogP contribution in [0, 0.1) is 0 Å². The van der Waals surface area contributed by atoms with Crippen molar-refractivity contribution in [2.45, 2.75) is 32.6 Å². The summed E-state index contributed by atoms with van der Waals surface area (Å²) in [6.45, 7) is 7.15. The van der Waals surface area contributed by atoms with Gasteiger partial charge in [-0.2, -0.15) is 0 Å². The van der Waals surface area contributed by atoms with Gasteiger partial charge >= 0.3 is 0 Å². The maximum absolute atomic E-state index is 12.7. The summed E-state index contributed by atoms with van der Waals surface area (Å²) in [5, 5.41) is 3.25. The largest absolute Gasteiger partial charge is 0.340 e. The molecule has 3 aromatic rings. The summed E-state index contributed by atoms with van der Waals surface area (Å²) in [5.41, 5.74) is 3.79. The molecule has 0 aliphatic carbocycles. The summed E-state index contributed by atoms with van der Waals surface area (Å²) < 4.78 is 0. The van der Waals surface area contributed by atoms with E-state index in [2.05, 4.69) is 53.2 Å². The molecule has 0 saturated carbocycles. The number of nitrogens with zero attached hydrogens (tertiary/aromatic N) is 4. The lowest BCUT2D eigenvalue weighted by molar-refractivity contribution is 0.0790. The van der Waals surface area contributed by atoms with E-state index in [1.165, 1.54) is 11.9 Å². The minimum Gasteiger partial charge on any atom is -0.340 e. The molecule has 0 radical (unpaired) electrons. The summed E-state index contributed by atoms with van der Waals surface area (Å²) in [4.78, 5) is 26.8. The van der Waals surface area contributed by atoms with Crippen LogP contribution >= 0.6 is 0 Å². The molecule has 1 aromatic carbocycles. The van der Waals surface area contributed by atoms with Crippen LogP contribution in [-0.2, 0) is 11.8 Å². The number of hydrogen-bond acceptors (Lipinski definition) is 5. The SMILES string of the molecule is CN(CCc1ccncc1)C(=O)c1cc(Nc2ccc(C(C)(C)C)cc2)ncn1. The fourth-order valence-electron chi connectivity index (χ4n) is 2.89. The number of rotatable bonds is 6. The molecule has 0 bridgehead atoms. The highest BCUT2D eigenvalue weighted by atomic mass is 16.2. The summed E-state index contributed by atoms with van der Waals surface area (Å²) in [6, 6.07) is 13.8. The number of aromatic nitrogens is 3. The molecule has 0 fully saturated rings. The first-order chi connectivity index (χ1) is 13.8. The van der Waals surface area contributed by atoms with Crippen molar-refractivity contribution in [3.63, 3.8) is 0 Å². The highest BCUT2D eigenvalue weighted by molar-refractivity contribution is 5.92. The van der Waals surface area contributed by atoms with Crippen molar-refractivity contribution in [1.82, 2.24) is 19.9 Å². The van der Waals surface area contributed by atoms with Gasteiger partial charge in [0.2, 0.25) is 0 Å². The average molecular weight is 390 g/mol. The van der Waals surface area contributed by atoms with Crippen molar-refractivity contribution >= 4 is 17.4 Å². The third kappa shape index (κ3) is 5.60. The molecule has 2 aromatic heterocycles. The van der Waals surface area contributed by atoms with E-state index in [0.717, 1.165) is 17.7 Å². The van der Waals surface area contributed by atoms with Crippen molar-refractivity contribution in [2.24, 2.45) is 0 Å². The molecule has 29 heavy (non-hydrogen) atoms. The maximum Gasteiger partial charge on any atom is 0.272 e. The lowest BCUT2D eigenvalue weighted by atomic mass is 9.87. The number of likely N-dealkylation sites (N-methyl/N-ethyl adjacent to an activating group) is 1. The molecule has 0 saturated heterocycles. The number of carbonyl (C=O) groups is 1. The quantitative estimate of drug-likeness (QED) is 0.683. The third-order valence-electron chi connectivity index (χ3n) is 4.74. The first kappa shape index (κ1) is 20.5. The molecule has 3 rings (SSSR count). The Hall–Kier alpha value is -3.28. The number of pyridine rings is 1. The zero-order chi connectivity index (χ0) is 20.9. The molecule has 0 atom stereocenters. The zero-order valence-corrected chi connectivity index (χ0v) is 17.4. The zero-order valence-electron chi connectivity index (χ0n) is 17.4. The fourth-order valence-corrected chi connectivity index (χ4v) is 2.89. The van der Waals surface area contributed by atoms with Crippen LogP contribution < -0.4 is 5.32 Å². The molecular weight excluding hydrogens is 362 g/mol. The average Bonchev–Trinajstić information content (AvgIpc) is 2.72. The van der Waals surface area contributed by atoms with Crippen molar-refractivity contribution in [2.75, 3.05) is 18.9 Å². The topological polar surface area (TPSA) is 71.0 Å². The molecule has 0 spiro atoms. The minimum atomic E-state index is -0.132. The molecular formula is C23H27N5O. The van der Waals surface area contributed by atoms with Crippen LogP contribution in [0.2, 0.25) is 0 Å². The number of anilines is 2. The standard InChI is InChI=1S/C23H27N5O/c1-23(2,3)18-5-7-19(8-6-18)27-21-15-20(25-16-26-21)22(29)28(4)14-11-17-9-12-24-13-10-17/h5-10,12-13,15-16H,11,14H2,1-4H3,(H,25,26,27). The van der Waals surface area contributed by atoms with Gasteiger partial charge in [-0.25, -0.2) is 9.97 Å². The number of benzene rings is 1. The van der Waals surface area contributed by atoms with Gasteiger partial charge in [0, 0.05) is 37.7 Å². The molecule has 0 aliphatic rings. The Morgan fingerprint density at radius 3 is 2.38 bits per heavy atom. The van der Waals surface area contributed by atoms with Gasteiger partial charge in [-0.1, -0.05) is 32.9 Å². The molecule has 1 amide bonds. The molecule has 0 aliphatic heterocycles. The van der Waals surface area contributed by atoms with Crippen LogP contribution in [0.25, 0.3) is 0 Å². The van der Waals surface area contributed by atoms with E-state index >= 15 is 0 Å². The van der Waals surface area contributed by atoms with Crippen LogP contribution in [0.1, 0.15) is 42.4 Å². The Kier molecular flexibility index (Phi) is 6.22. The van der Waals surface area contributed by atoms with Crippen molar-refractivity contribution < 1.29 is 4.79 Å². The van der Waals surface area contributed by atoms with E-state index in [-0.39, 0.29) is 11.3 Å². The van der Waals surface area contributed by atoms with Crippen LogP contribution in [-0.4, -0.2) is 39.4 Å². The Morgan fingerprint density at radius 2 is 1.72 bits per heavy atom. The van der Waals surface area contributed by atoms with E-state index in [9.17, 15) is 4.79 Å². The van der Waals surface area contributed by atoms with Gasteiger partial charge in [0.05, 0.1) is 0 Å². The molecule has 150 valence electrons. The first-order valence-corrected chi connectivity index (χ1v) is 9.67. The van der Waals surface area contributed by atoms with Gasteiger partial charge in [-0.15, -0.1) is 0 Å². The maximum atomic E-state index is 12.7. The predicted octanol–water partition coefficient (Wildman–Crippen LogP) is 4.23. The van der Waals surface area contributed by atoms with E-state index in [1.54, 1.807) is 30.4 Å². The van der Waals surface area contributed by atoms with Crippen LogP contribution in [0.4, 0.5) is 11.5 Å². The van der Waals surface area contributed by atoms with Gasteiger partial charge in [-0.05, 0) is 47.2 Å². The molecule has 1 N–H and O–H groups in total. The van der Waals surface area contributed by atoms with E-state index in [4.69, 9.17) is 0 Å². The highest BCUT2D eigenvalue weighted by Crippen LogP contribution is 2.24. The second-order valence-corrected chi connectivity index (χ2v) is 8.07. The van der Waals surface area contributed by atoms with E-state index < -0.39 is 0 Å². The summed E-state index contributed by atoms with van der Waals surface area (Å²) in [5.74, 6) is 0.460. The second kappa shape index (κ2) is 8.82. The Balaban J connectivity index is 1.64. The molecule has 2 heterocycles. The minimum absolute atomic E-state index is 0.105. The number of hydrogen-bond donors (Lipinski definition) is 1. The number of amides is 1. The first-order valence-electron chi connectivity index (χ1n) is 9.67. The predicted molar refractivity (Wildman–Crippen MR) is 115 cm³/mol. The van der Waals surface area contributed by atoms with Crippen molar-refractivity contribution in [3.05, 3.63) is 78.0 Å². The molecule has 6 nitrogen and oxygen atoms in total. The van der Waals surface area contributed by atoms with Crippen LogP contribution in [0.15, 0.2) is 61.2 Å². The number of carbonyl (C=O) groups excluding carboxylic acids is 1. The van der Waals surface area contributed by atoms with Crippen molar-refractivity contribution in [3.8, 4) is 0 Å². The van der Waals surface area contributed by atoms with Gasteiger partial charge in [0.15, 0.2) is 0 Å². The Labute approximate surface area is 172 Å². The normalized spacial score (nSPS) is 11.2. The smallest absolute Gasteiger partial charge is 0.272 e. The highest BCUT2D eigenvalue weighted by Gasteiger charge is 2.15. The third-order valence-corrected chi connectivity index (χ3v) is 4.74. The lowest BCUT2D eigenvalue weighted by Crippen LogP contribution is -2.29. The van der Waals surface area contributed by atoms with Crippen LogP contribution in [0.3, 0.4) is 0 Å². The van der Waals surface area contributed by atoms with Gasteiger partial charge in [0.25, 0.3) is 5.91 Å². The lowest BCUT2D eigenvalue weighted by Gasteiger charge is -2.19. The van der Waals surface area contributed by atoms with E-state index in [1.807, 2.05) is 24.3 Å². The van der Waals surface area contributed by atoms with Crippen LogP contribution in [0.5, 0.6) is 0 Å². The summed E-state index contributed by atoms with van der Waals surface area (Å²) in [7, 11) is 1.78. The fraction of sp³-hybridized carbons (Fsp3) is 0.304. The van der Waals surface area contributed by atoms with E-state index in [0.29, 0.717) is 18.1 Å². The van der Waals surface area contributed by atoms with Gasteiger partial charge in [-0.3, -0.25) is 9.78 Å². The number of nitrogens with one attached hydrogen (secondary N) is 1. The Bertz CT molecular complexity index is 949. The Morgan fingerprint density at radius 1 is 1.03 bits per heavy atom. The summed E-state index contributed by atoms with van der Waals surface area (Å²) >= 11 is 0. The molecule has 0 unspecified atom stereocenters. The van der Waals surface area contributed by atoms with Crippen molar-refractivity contribution in [1.29, 1.82) is 0 Å². The monoisotopic (exact) mass is 389 g/mol. The molecule has 6 heteroatoms. The van der Waals surface area contributed by atoms with Gasteiger partial charge in [0.1, 0.15) is 17.8 Å². The van der Waals surface area contributed by atoms with Gasteiger partial charge < -0.3 is 10.2 Å². The summed E-state index contributed by atoms with van der Waals surface area (Å²) in [6.07, 6.45) is 5.69.